The molecule has 7 heteroatoms. The summed E-state index contributed by atoms with van der Waals surface area (Å²) in [6.45, 7) is 9.27. The number of carbonyl (C=O) groups excluding carboxylic acids is 2. The van der Waals surface area contributed by atoms with Crippen LogP contribution in [-0.4, -0.2) is 96.4 Å². The third-order valence-electron chi connectivity index (χ3n) is 5.38. The number of nitrogens with zero attached hydrogens (tertiary/aromatic N) is 5. The number of piperidine rings is 1. The number of likely N-dealkylation sites (tertiary alicyclic amines) is 1. The molecule has 0 atom stereocenters. The average molecular weight is 349 g/mol. The molecule has 0 saturated carbocycles. The molecule has 0 aliphatic carbocycles. The van der Waals surface area contributed by atoms with Crippen molar-refractivity contribution in [3.05, 3.63) is 0 Å². The summed E-state index contributed by atoms with van der Waals surface area (Å²) in [5.74, 6) is 0.198. The summed E-state index contributed by atoms with van der Waals surface area (Å²) in [7, 11) is 1.68. The largest absolute Gasteiger partial charge is 0.342 e. The fraction of sp³-hybridized carbons (Fsp3) is 0.833. The Morgan fingerprint density at radius 1 is 0.960 bits per heavy atom. The van der Waals surface area contributed by atoms with Crippen molar-refractivity contribution in [1.29, 1.82) is 5.26 Å². The summed E-state index contributed by atoms with van der Waals surface area (Å²) in [5, 5.41) is 9.15. The van der Waals surface area contributed by atoms with Crippen LogP contribution in [0.4, 0.5) is 0 Å². The molecular weight excluding hydrogens is 318 g/mol. The zero-order valence-corrected chi connectivity index (χ0v) is 15.8. The van der Waals surface area contributed by atoms with E-state index in [1.807, 2.05) is 4.90 Å². The highest BCUT2D eigenvalue weighted by atomic mass is 16.2. The lowest BCUT2D eigenvalue weighted by molar-refractivity contribution is -0.136. The summed E-state index contributed by atoms with van der Waals surface area (Å²) < 4.78 is 0. The third-order valence-corrected chi connectivity index (χ3v) is 5.38. The van der Waals surface area contributed by atoms with E-state index in [0.29, 0.717) is 13.1 Å². The van der Waals surface area contributed by atoms with Crippen LogP contribution in [0.25, 0.3) is 0 Å². The molecule has 25 heavy (non-hydrogen) atoms. The molecule has 0 bridgehead atoms. The van der Waals surface area contributed by atoms with Crippen LogP contribution in [0, 0.1) is 11.3 Å². The Labute approximate surface area is 151 Å². The van der Waals surface area contributed by atoms with Gasteiger partial charge in [0.2, 0.25) is 11.8 Å². The van der Waals surface area contributed by atoms with E-state index in [9.17, 15) is 9.59 Å². The van der Waals surface area contributed by atoms with Gasteiger partial charge in [0.15, 0.2) is 0 Å². The molecule has 2 amide bonds. The van der Waals surface area contributed by atoms with Crippen molar-refractivity contribution < 1.29 is 9.59 Å². The molecule has 0 aromatic rings. The summed E-state index contributed by atoms with van der Waals surface area (Å²) in [4.78, 5) is 32.5. The number of rotatable bonds is 5. The van der Waals surface area contributed by atoms with Gasteiger partial charge in [-0.2, -0.15) is 5.26 Å². The highest BCUT2D eigenvalue weighted by Crippen LogP contribution is 2.13. The average Bonchev–Trinajstić information content (AvgIpc) is 2.63. The van der Waals surface area contributed by atoms with E-state index in [-0.39, 0.29) is 11.8 Å². The molecule has 2 fully saturated rings. The van der Waals surface area contributed by atoms with Crippen LogP contribution in [0.3, 0.4) is 0 Å². The van der Waals surface area contributed by atoms with Crippen molar-refractivity contribution in [2.24, 2.45) is 0 Å². The van der Waals surface area contributed by atoms with Gasteiger partial charge in [0.05, 0.1) is 19.2 Å². The molecule has 0 aromatic carbocycles. The van der Waals surface area contributed by atoms with Crippen LogP contribution in [0.15, 0.2) is 0 Å². The Balaban J connectivity index is 1.73. The molecule has 7 nitrogen and oxygen atoms in total. The third kappa shape index (κ3) is 5.41. The predicted molar refractivity (Wildman–Crippen MR) is 95.8 cm³/mol. The second-order valence-electron chi connectivity index (χ2n) is 7.62. The molecule has 0 unspecified atom stereocenters. The van der Waals surface area contributed by atoms with Crippen LogP contribution in [0.2, 0.25) is 0 Å². The predicted octanol–water partition coefficient (Wildman–Crippen LogP) is 0.377. The zero-order chi connectivity index (χ0) is 18.4. The molecule has 0 aromatic heterocycles. The molecule has 2 aliphatic heterocycles. The van der Waals surface area contributed by atoms with Crippen LogP contribution < -0.4 is 0 Å². The molecule has 0 spiro atoms. The van der Waals surface area contributed by atoms with Gasteiger partial charge < -0.3 is 9.80 Å². The first-order chi connectivity index (χ1) is 11.8. The van der Waals surface area contributed by atoms with Gasteiger partial charge in [-0.3, -0.25) is 19.4 Å². The molecule has 0 N–H and O–H groups in total. The molecule has 2 aliphatic rings. The monoisotopic (exact) mass is 349 g/mol. The first-order valence-corrected chi connectivity index (χ1v) is 9.24. The summed E-state index contributed by atoms with van der Waals surface area (Å²) in [5.41, 5.74) is -0.792. The van der Waals surface area contributed by atoms with Gasteiger partial charge in [-0.05, 0) is 33.1 Å². The van der Waals surface area contributed by atoms with Crippen LogP contribution in [-0.2, 0) is 9.59 Å². The molecule has 2 rings (SSSR count). The first kappa shape index (κ1) is 19.7. The smallest absolute Gasteiger partial charge is 0.237 e. The van der Waals surface area contributed by atoms with Gasteiger partial charge in [-0.1, -0.05) is 0 Å². The number of nitriles is 1. The zero-order valence-electron chi connectivity index (χ0n) is 15.8. The second-order valence-corrected chi connectivity index (χ2v) is 7.62. The van der Waals surface area contributed by atoms with Gasteiger partial charge in [0.25, 0.3) is 0 Å². The van der Waals surface area contributed by atoms with Crippen molar-refractivity contribution >= 4 is 11.8 Å². The number of hydrogen-bond donors (Lipinski definition) is 0. The molecular formula is C18H31N5O2. The van der Waals surface area contributed by atoms with Crippen molar-refractivity contribution in [2.45, 2.75) is 38.6 Å². The van der Waals surface area contributed by atoms with Crippen molar-refractivity contribution in [1.82, 2.24) is 19.6 Å². The van der Waals surface area contributed by atoms with E-state index in [0.717, 1.165) is 52.1 Å². The normalized spacial score (nSPS) is 20.2. The Morgan fingerprint density at radius 2 is 1.48 bits per heavy atom. The first-order valence-electron chi connectivity index (χ1n) is 9.24. The minimum atomic E-state index is -0.792. The van der Waals surface area contributed by atoms with Gasteiger partial charge in [-0.25, -0.2) is 0 Å². The molecule has 0 radical (unpaired) electrons. The number of hydrogen-bond acceptors (Lipinski definition) is 5. The van der Waals surface area contributed by atoms with E-state index in [2.05, 4.69) is 15.9 Å². The maximum absolute atomic E-state index is 12.3. The van der Waals surface area contributed by atoms with E-state index in [1.165, 1.54) is 11.3 Å². The number of carbonyl (C=O) groups is 2. The van der Waals surface area contributed by atoms with E-state index < -0.39 is 5.54 Å². The highest BCUT2D eigenvalue weighted by Gasteiger charge is 2.29. The highest BCUT2D eigenvalue weighted by molar-refractivity contribution is 5.79. The Hall–Kier alpha value is -1.65. The van der Waals surface area contributed by atoms with Gasteiger partial charge >= 0.3 is 0 Å². The van der Waals surface area contributed by atoms with E-state index in [1.54, 1.807) is 20.9 Å². The Bertz CT molecular complexity index is 514. The van der Waals surface area contributed by atoms with Crippen LogP contribution in [0.1, 0.15) is 33.1 Å². The molecule has 2 heterocycles. The Kier molecular flexibility index (Phi) is 6.79. The summed E-state index contributed by atoms with van der Waals surface area (Å²) in [6, 6.07) is 2.16. The minimum Gasteiger partial charge on any atom is -0.342 e. The SMILES string of the molecule is CN(C(=O)CN1CCN(CC(=O)N2CCCCC2)CC1)C(C)(C)C#N. The lowest BCUT2D eigenvalue weighted by Crippen LogP contribution is -2.54. The Morgan fingerprint density at radius 3 is 2.00 bits per heavy atom. The fourth-order valence-corrected chi connectivity index (χ4v) is 3.22. The standard InChI is InChI=1S/C18H31N5O2/c1-18(2,15-19)20(3)16(24)13-21-9-11-22(12-10-21)14-17(25)23-7-5-4-6-8-23/h4-14H2,1-3H3. The van der Waals surface area contributed by atoms with Crippen LogP contribution in [0.5, 0.6) is 0 Å². The molecule has 2 saturated heterocycles. The topological polar surface area (TPSA) is 70.9 Å². The van der Waals surface area contributed by atoms with Gasteiger partial charge in [0.1, 0.15) is 5.54 Å². The summed E-state index contributed by atoms with van der Waals surface area (Å²) >= 11 is 0. The minimum absolute atomic E-state index is 0.0376. The van der Waals surface area contributed by atoms with E-state index >= 15 is 0 Å². The van der Waals surface area contributed by atoms with Crippen molar-refractivity contribution in [3.63, 3.8) is 0 Å². The number of amides is 2. The quantitative estimate of drug-likeness (QED) is 0.717. The number of likely N-dealkylation sites (N-methyl/N-ethyl adjacent to an activating group) is 1. The number of piperazine rings is 1. The lowest BCUT2D eigenvalue weighted by atomic mass is 10.1. The maximum atomic E-state index is 12.3. The second kappa shape index (κ2) is 8.63. The van der Waals surface area contributed by atoms with Crippen LogP contribution >= 0.6 is 0 Å². The van der Waals surface area contributed by atoms with Crippen molar-refractivity contribution in [2.75, 3.05) is 59.4 Å². The van der Waals surface area contributed by atoms with Gasteiger partial charge in [-0.15, -0.1) is 0 Å². The summed E-state index contributed by atoms with van der Waals surface area (Å²) in [6.07, 6.45) is 3.47. The molecule has 140 valence electrons. The maximum Gasteiger partial charge on any atom is 0.237 e. The van der Waals surface area contributed by atoms with Gasteiger partial charge in [0, 0.05) is 46.3 Å². The van der Waals surface area contributed by atoms with Crippen molar-refractivity contribution in [3.8, 4) is 6.07 Å². The fourth-order valence-electron chi connectivity index (χ4n) is 3.22. The van der Waals surface area contributed by atoms with E-state index in [4.69, 9.17) is 5.26 Å². The lowest BCUT2D eigenvalue weighted by Gasteiger charge is -2.37.